The van der Waals surface area contributed by atoms with Crippen LogP contribution in [0.3, 0.4) is 0 Å². The molecule has 3 rings (SSSR count). The van der Waals surface area contributed by atoms with E-state index in [1.165, 1.54) is 26.4 Å². The summed E-state index contributed by atoms with van der Waals surface area (Å²) in [6.07, 6.45) is 0.154. The van der Waals surface area contributed by atoms with E-state index in [0.717, 1.165) is 5.56 Å². The number of hydrogen-bond donors (Lipinski definition) is 2. The fourth-order valence-corrected chi connectivity index (χ4v) is 4.49. The zero-order chi connectivity index (χ0) is 24.6. The molecule has 0 saturated carbocycles. The number of ether oxygens (including phenoxy) is 3. The van der Waals surface area contributed by atoms with Crippen LogP contribution in [-0.4, -0.2) is 41.2 Å². The Morgan fingerprint density at radius 3 is 2.21 bits per heavy atom. The van der Waals surface area contributed by atoms with Crippen molar-refractivity contribution in [2.24, 2.45) is 0 Å². The zero-order valence-corrected chi connectivity index (χ0v) is 20.1. The molecule has 0 aliphatic carbocycles. The van der Waals surface area contributed by atoms with Gasteiger partial charge in [-0.3, -0.25) is 4.79 Å². The minimum absolute atomic E-state index is 0.0313. The maximum absolute atomic E-state index is 13.2. The lowest BCUT2D eigenvalue weighted by atomic mass is 10.1. The first-order valence-corrected chi connectivity index (χ1v) is 12.2. The number of methoxy groups -OCH3 is 2. The highest BCUT2D eigenvalue weighted by molar-refractivity contribution is 7.89. The molecule has 3 aromatic rings. The average molecular weight is 485 g/mol. The van der Waals surface area contributed by atoms with Crippen molar-refractivity contribution in [3.8, 4) is 17.2 Å². The number of anilines is 1. The third-order valence-electron chi connectivity index (χ3n) is 5.01. The van der Waals surface area contributed by atoms with Crippen molar-refractivity contribution in [2.45, 2.75) is 24.3 Å². The van der Waals surface area contributed by atoms with Crippen LogP contribution in [0.5, 0.6) is 17.2 Å². The molecule has 0 spiro atoms. The Bertz CT molecular complexity index is 1200. The van der Waals surface area contributed by atoms with Gasteiger partial charge in [-0.25, -0.2) is 8.42 Å². The van der Waals surface area contributed by atoms with Gasteiger partial charge in [-0.05, 0) is 55.3 Å². The Morgan fingerprint density at radius 2 is 1.59 bits per heavy atom. The third kappa shape index (κ3) is 6.49. The molecule has 34 heavy (non-hydrogen) atoms. The summed E-state index contributed by atoms with van der Waals surface area (Å²) in [5.41, 5.74) is 1.20. The summed E-state index contributed by atoms with van der Waals surface area (Å²) in [4.78, 5) is 13.3. The van der Waals surface area contributed by atoms with E-state index >= 15 is 0 Å². The van der Waals surface area contributed by atoms with Crippen LogP contribution in [0.25, 0.3) is 0 Å². The van der Waals surface area contributed by atoms with Crippen LogP contribution >= 0.6 is 0 Å². The van der Waals surface area contributed by atoms with Crippen molar-refractivity contribution < 1.29 is 27.4 Å². The molecule has 0 radical (unpaired) electrons. The highest BCUT2D eigenvalue weighted by Crippen LogP contribution is 2.29. The van der Waals surface area contributed by atoms with E-state index in [9.17, 15) is 13.2 Å². The minimum Gasteiger partial charge on any atom is -0.497 e. The number of amides is 1. The van der Waals surface area contributed by atoms with E-state index < -0.39 is 22.0 Å². The molecule has 3 aromatic carbocycles. The van der Waals surface area contributed by atoms with Gasteiger partial charge in [-0.15, -0.1) is 0 Å². The Morgan fingerprint density at radius 1 is 0.912 bits per heavy atom. The summed E-state index contributed by atoms with van der Waals surface area (Å²) in [6.45, 7) is 2.31. The molecule has 0 aromatic heterocycles. The van der Waals surface area contributed by atoms with E-state index in [4.69, 9.17) is 14.2 Å². The summed E-state index contributed by atoms with van der Waals surface area (Å²) in [5.74, 6) is 0.987. The molecule has 1 atom stereocenters. The molecule has 180 valence electrons. The van der Waals surface area contributed by atoms with Crippen LogP contribution < -0.4 is 24.2 Å². The van der Waals surface area contributed by atoms with E-state index in [1.807, 2.05) is 37.3 Å². The number of rotatable bonds is 11. The first-order valence-electron chi connectivity index (χ1n) is 10.7. The summed E-state index contributed by atoms with van der Waals surface area (Å²) in [5, 5.41) is 2.77. The van der Waals surface area contributed by atoms with Crippen molar-refractivity contribution in [3.63, 3.8) is 0 Å². The molecule has 2 N–H and O–H groups in total. The Labute approximate surface area is 199 Å². The second-order valence-electron chi connectivity index (χ2n) is 7.32. The summed E-state index contributed by atoms with van der Waals surface area (Å²) < 4.78 is 44.6. The van der Waals surface area contributed by atoms with Crippen LogP contribution in [0.4, 0.5) is 5.69 Å². The third-order valence-corrected chi connectivity index (χ3v) is 6.50. The molecule has 0 aliphatic heterocycles. The van der Waals surface area contributed by atoms with Gasteiger partial charge in [0.1, 0.15) is 23.3 Å². The van der Waals surface area contributed by atoms with Crippen molar-refractivity contribution in [1.29, 1.82) is 0 Å². The molecule has 0 bridgehead atoms. The van der Waals surface area contributed by atoms with Crippen LogP contribution in [0.1, 0.15) is 12.5 Å². The number of carbonyl (C=O) groups excluding carboxylic acids is 1. The summed E-state index contributed by atoms with van der Waals surface area (Å²) in [7, 11) is -0.993. The van der Waals surface area contributed by atoms with Gasteiger partial charge in [0.05, 0.1) is 31.4 Å². The fraction of sp³-hybridized carbons (Fsp3) is 0.240. The van der Waals surface area contributed by atoms with Gasteiger partial charge in [0.15, 0.2) is 0 Å². The maximum atomic E-state index is 13.2. The average Bonchev–Trinajstić information content (AvgIpc) is 2.85. The molecule has 1 amide bonds. The molecular formula is C25H28N2O6S. The minimum atomic E-state index is -3.99. The molecule has 0 heterocycles. The van der Waals surface area contributed by atoms with Gasteiger partial charge in [-0.2, -0.15) is 4.72 Å². The van der Waals surface area contributed by atoms with Crippen LogP contribution in [-0.2, 0) is 21.2 Å². The summed E-state index contributed by atoms with van der Waals surface area (Å²) in [6, 6.07) is 19.1. The smallest absolute Gasteiger partial charge is 0.243 e. The van der Waals surface area contributed by atoms with Crippen LogP contribution in [0, 0.1) is 0 Å². The van der Waals surface area contributed by atoms with Gasteiger partial charge in [0.2, 0.25) is 15.9 Å². The lowest BCUT2D eigenvalue weighted by Gasteiger charge is -2.20. The molecule has 0 fully saturated rings. The van der Waals surface area contributed by atoms with Gasteiger partial charge in [0.25, 0.3) is 0 Å². The Kier molecular flexibility index (Phi) is 8.50. The first kappa shape index (κ1) is 25.1. The lowest BCUT2D eigenvalue weighted by Crippen LogP contribution is -2.45. The SMILES string of the molecule is CCOc1ccc(S(=O)(=O)N[C@H](Cc2ccccc2)C(=O)Nc2ccc(OC)cc2OC)cc1. The number of nitrogens with one attached hydrogen (secondary N) is 2. The zero-order valence-electron chi connectivity index (χ0n) is 19.3. The monoisotopic (exact) mass is 484 g/mol. The number of sulfonamides is 1. The van der Waals surface area contributed by atoms with E-state index in [-0.39, 0.29) is 11.3 Å². The Balaban J connectivity index is 1.86. The second-order valence-corrected chi connectivity index (χ2v) is 9.04. The van der Waals surface area contributed by atoms with Gasteiger partial charge in [0, 0.05) is 6.07 Å². The van der Waals surface area contributed by atoms with Gasteiger partial charge in [-0.1, -0.05) is 30.3 Å². The molecular weight excluding hydrogens is 456 g/mol. The van der Waals surface area contributed by atoms with Crippen molar-refractivity contribution >= 4 is 21.6 Å². The molecule has 0 saturated heterocycles. The topological polar surface area (TPSA) is 103 Å². The van der Waals surface area contributed by atoms with Gasteiger partial charge < -0.3 is 19.5 Å². The lowest BCUT2D eigenvalue weighted by molar-refractivity contribution is -0.117. The highest BCUT2D eigenvalue weighted by atomic mass is 32.2. The predicted molar refractivity (Wildman–Crippen MR) is 130 cm³/mol. The van der Waals surface area contributed by atoms with Crippen molar-refractivity contribution in [2.75, 3.05) is 26.1 Å². The second kappa shape index (κ2) is 11.5. The number of benzene rings is 3. The highest BCUT2D eigenvalue weighted by Gasteiger charge is 2.27. The largest absolute Gasteiger partial charge is 0.497 e. The summed E-state index contributed by atoms with van der Waals surface area (Å²) >= 11 is 0. The van der Waals surface area contributed by atoms with Gasteiger partial charge >= 0.3 is 0 Å². The van der Waals surface area contributed by atoms with E-state index in [0.29, 0.717) is 29.5 Å². The predicted octanol–water partition coefficient (Wildman–Crippen LogP) is 3.63. The van der Waals surface area contributed by atoms with Crippen molar-refractivity contribution in [1.82, 2.24) is 4.72 Å². The van der Waals surface area contributed by atoms with E-state index in [1.54, 1.807) is 30.3 Å². The fourth-order valence-electron chi connectivity index (χ4n) is 3.30. The molecule has 0 unspecified atom stereocenters. The first-order chi connectivity index (χ1) is 16.4. The van der Waals surface area contributed by atoms with Crippen molar-refractivity contribution in [3.05, 3.63) is 78.4 Å². The maximum Gasteiger partial charge on any atom is 0.243 e. The normalized spacial score (nSPS) is 12.0. The molecule has 0 aliphatic rings. The van der Waals surface area contributed by atoms with Crippen LogP contribution in [0.2, 0.25) is 0 Å². The standard InChI is InChI=1S/C25H28N2O6S/c1-4-33-19-10-13-21(14-11-19)34(29,30)27-23(16-18-8-6-5-7-9-18)25(28)26-22-15-12-20(31-2)17-24(22)32-3/h5-15,17,23,27H,4,16H2,1-3H3,(H,26,28)/t23-/m1/s1. The quantitative estimate of drug-likeness (QED) is 0.431. The molecule has 8 nitrogen and oxygen atoms in total. The van der Waals surface area contributed by atoms with Crippen LogP contribution in [0.15, 0.2) is 77.7 Å². The number of hydrogen-bond acceptors (Lipinski definition) is 6. The molecule has 9 heteroatoms. The Hall–Kier alpha value is -3.56. The van der Waals surface area contributed by atoms with E-state index in [2.05, 4.69) is 10.0 Å². The number of carbonyl (C=O) groups is 1.